The molecule has 2 aromatic heterocycles. The third-order valence-electron chi connectivity index (χ3n) is 5.67. The molecule has 0 aliphatic carbocycles. The molecule has 0 aliphatic heterocycles. The standard InChI is InChI=1S/C27H28FN5O2S/c1-18(36)29-14-5-3-7-24(33-27(34)35-17-22-6-2-4-15-30-22)26-31-23-13-10-20(16-25(23)32-26)19-8-11-21(28)12-9-19/h2,4,6,8-13,15-16,24H,3,5,7,14,17H2,1H3,(H,29,36)(H,31,32)(H,33,34). The van der Waals surface area contributed by atoms with Crippen LogP contribution in [-0.2, 0) is 11.3 Å². The van der Waals surface area contributed by atoms with Gasteiger partial charge in [-0.3, -0.25) is 4.98 Å². The van der Waals surface area contributed by atoms with Crippen molar-refractivity contribution < 1.29 is 13.9 Å². The molecule has 9 heteroatoms. The van der Waals surface area contributed by atoms with Crippen LogP contribution in [0.3, 0.4) is 0 Å². The van der Waals surface area contributed by atoms with Crippen molar-refractivity contribution in [2.75, 3.05) is 6.54 Å². The summed E-state index contributed by atoms with van der Waals surface area (Å²) < 4.78 is 18.7. The van der Waals surface area contributed by atoms with Crippen molar-refractivity contribution in [2.45, 2.75) is 38.8 Å². The third kappa shape index (κ3) is 7.08. The number of nitrogens with one attached hydrogen (secondary N) is 3. The van der Waals surface area contributed by atoms with Crippen molar-refractivity contribution in [1.29, 1.82) is 0 Å². The molecule has 186 valence electrons. The zero-order chi connectivity index (χ0) is 25.3. The molecule has 4 aromatic rings. The molecule has 1 atom stereocenters. The van der Waals surface area contributed by atoms with Crippen LogP contribution in [0.5, 0.6) is 0 Å². The molecule has 0 saturated carbocycles. The number of nitrogens with zero attached hydrogens (tertiary/aromatic N) is 2. The van der Waals surface area contributed by atoms with Gasteiger partial charge in [-0.2, -0.15) is 0 Å². The number of hydrogen-bond donors (Lipinski definition) is 3. The second-order valence-electron chi connectivity index (χ2n) is 8.43. The van der Waals surface area contributed by atoms with Gasteiger partial charge < -0.3 is 20.4 Å². The van der Waals surface area contributed by atoms with Gasteiger partial charge in [-0.25, -0.2) is 14.2 Å². The smallest absolute Gasteiger partial charge is 0.408 e. The molecular weight excluding hydrogens is 477 g/mol. The zero-order valence-electron chi connectivity index (χ0n) is 20.0. The monoisotopic (exact) mass is 505 g/mol. The summed E-state index contributed by atoms with van der Waals surface area (Å²) in [5, 5.41) is 6.10. The molecule has 1 unspecified atom stereocenters. The summed E-state index contributed by atoms with van der Waals surface area (Å²) in [5.41, 5.74) is 4.13. The fourth-order valence-electron chi connectivity index (χ4n) is 3.84. The van der Waals surface area contributed by atoms with E-state index < -0.39 is 6.09 Å². The highest BCUT2D eigenvalue weighted by Gasteiger charge is 2.19. The average molecular weight is 506 g/mol. The van der Waals surface area contributed by atoms with Crippen LogP contribution in [0.1, 0.15) is 43.7 Å². The number of alkyl carbamates (subject to hydrolysis) is 1. The summed E-state index contributed by atoms with van der Waals surface area (Å²) in [4.78, 5) is 25.6. The lowest BCUT2D eigenvalue weighted by Gasteiger charge is -2.17. The Morgan fingerprint density at radius 1 is 1.11 bits per heavy atom. The van der Waals surface area contributed by atoms with E-state index in [4.69, 9.17) is 21.9 Å². The van der Waals surface area contributed by atoms with E-state index in [9.17, 15) is 9.18 Å². The van der Waals surface area contributed by atoms with Crippen LogP contribution in [-0.4, -0.2) is 32.6 Å². The molecule has 36 heavy (non-hydrogen) atoms. The topological polar surface area (TPSA) is 91.9 Å². The van der Waals surface area contributed by atoms with Crippen LogP contribution in [0.25, 0.3) is 22.2 Å². The minimum absolute atomic E-state index is 0.0818. The quantitative estimate of drug-likeness (QED) is 0.185. The highest BCUT2D eigenvalue weighted by atomic mass is 32.1. The molecule has 0 saturated heterocycles. The Morgan fingerprint density at radius 3 is 2.67 bits per heavy atom. The average Bonchev–Trinajstić information content (AvgIpc) is 3.31. The predicted octanol–water partition coefficient (Wildman–Crippen LogP) is 5.84. The Bertz CT molecular complexity index is 1310. The van der Waals surface area contributed by atoms with E-state index in [1.807, 2.05) is 37.3 Å². The largest absolute Gasteiger partial charge is 0.443 e. The highest BCUT2D eigenvalue weighted by Crippen LogP contribution is 2.26. The van der Waals surface area contributed by atoms with E-state index in [0.717, 1.165) is 46.5 Å². The summed E-state index contributed by atoms with van der Waals surface area (Å²) in [5.74, 6) is 0.374. The lowest BCUT2D eigenvalue weighted by molar-refractivity contribution is 0.133. The van der Waals surface area contributed by atoms with E-state index >= 15 is 0 Å². The molecule has 2 aromatic carbocycles. The number of amides is 1. The van der Waals surface area contributed by atoms with E-state index in [-0.39, 0.29) is 18.5 Å². The molecule has 1 amide bonds. The maximum atomic E-state index is 13.3. The van der Waals surface area contributed by atoms with Crippen molar-refractivity contribution in [2.24, 2.45) is 0 Å². The molecular formula is C27H28FN5O2S. The molecule has 7 nitrogen and oxygen atoms in total. The first-order valence-corrected chi connectivity index (χ1v) is 12.2. The number of fused-ring (bicyclic) bond motifs is 1. The van der Waals surface area contributed by atoms with Crippen LogP contribution in [0, 0.1) is 5.82 Å². The number of unbranched alkanes of at least 4 members (excludes halogenated alkanes) is 1. The molecule has 4 rings (SSSR count). The summed E-state index contributed by atoms with van der Waals surface area (Å²) in [6.45, 7) is 2.71. The van der Waals surface area contributed by atoms with Crippen molar-refractivity contribution in [3.63, 3.8) is 0 Å². The fourth-order valence-corrected chi connectivity index (χ4v) is 3.94. The summed E-state index contributed by atoms with van der Waals surface area (Å²) in [7, 11) is 0. The molecule has 3 N–H and O–H groups in total. The molecule has 2 heterocycles. The number of hydrogen-bond acceptors (Lipinski definition) is 5. The van der Waals surface area contributed by atoms with E-state index in [2.05, 4.69) is 20.6 Å². The Balaban J connectivity index is 1.48. The van der Waals surface area contributed by atoms with Gasteiger partial charge in [0, 0.05) is 12.7 Å². The number of benzene rings is 2. The van der Waals surface area contributed by atoms with E-state index in [0.29, 0.717) is 17.9 Å². The minimum atomic E-state index is -0.536. The lowest BCUT2D eigenvalue weighted by atomic mass is 10.1. The number of halogens is 1. The number of carbonyl (C=O) groups is 1. The Morgan fingerprint density at radius 2 is 1.92 bits per heavy atom. The first kappa shape index (κ1) is 25.2. The van der Waals surface area contributed by atoms with E-state index in [1.54, 1.807) is 24.4 Å². The maximum Gasteiger partial charge on any atom is 0.408 e. The van der Waals surface area contributed by atoms with Crippen LogP contribution < -0.4 is 10.6 Å². The summed E-state index contributed by atoms with van der Waals surface area (Å²) in [6.07, 6.45) is 3.53. The normalized spacial score (nSPS) is 11.7. The van der Waals surface area contributed by atoms with Crippen LogP contribution in [0.15, 0.2) is 66.9 Å². The molecule has 0 aliphatic rings. The highest BCUT2D eigenvalue weighted by molar-refractivity contribution is 7.80. The first-order chi connectivity index (χ1) is 17.5. The fraction of sp³-hybridized carbons (Fsp3) is 0.259. The molecule has 0 bridgehead atoms. The van der Waals surface area contributed by atoms with Gasteiger partial charge in [-0.15, -0.1) is 0 Å². The van der Waals surface area contributed by atoms with Crippen LogP contribution in [0.2, 0.25) is 0 Å². The van der Waals surface area contributed by atoms with Gasteiger partial charge in [0.05, 0.1) is 27.8 Å². The van der Waals surface area contributed by atoms with Gasteiger partial charge in [-0.1, -0.05) is 36.5 Å². The maximum absolute atomic E-state index is 13.3. The number of ether oxygens (including phenoxy) is 1. The number of pyridine rings is 1. The first-order valence-electron chi connectivity index (χ1n) is 11.8. The summed E-state index contributed by atoms with van der Waals surface area (Å²) in [6, 6.07) is 17.3. The van der Waals surface area contributed by atoms with Crippen molar-refractivity contribution in [3.05, 3.63) is 84.2 Å². The van der Waals surface area contributed by atoms with Crippen LogP contribution >= 0.6 is 12.2 Å². The third-order valence-corrected chi connectivity index (χ3v) is 5.82. The van der Waals surface area contributed by atoms with Gasteiger partial charge in [0.15, 0.2) is 0 Å². The Labute approximate surface area is 214 Å². The predicted molar refractivity (Wildman–Crippen MR) is 142 cm³/mol. The number of aromatic nitrogens is 3. The van der Waals surface area contributed by atoms with E-state index in [1.165, 1.54) is 12.1 Å². The number of aromatic amines is 1. The van der Waals surface area contributed by atoms with Crippen molar-refractivity contribution in [1.82, 2.24) is 25.6 Å². The van der Waals surface area contributed by atoms with Crippen molar-refractivity contribution in [3.8, 4) is 11.1 Å². The SMILES string of the molecule is CC(=S)NCCCCC(NC(=O)OCc1ccccn1)c1nc2ccc(-c3ccc(F)cc3)cc2[nH]1. The number of thiocarbonyl (C=S) groups is 1. The van der Waals surface area contributed by atoms with Gasteiger partial charge in [-0.05, 0) is 73.7 Å². The Kier molecular flexibility index (Phi) is 8.57. The van der Waals surface area contributed by atoms with Crippen molar-refractivity contribution >= 4 is 34.3 Å². The van der Waals surface area contributed by atoms with Gasteiger partial charge >= 0.3 is 6.09 Å². The van der Waals surface area contributed by atoms with Crippen LogP contribution in [0.4, 0.5) is 9.18 Å². The van der Waals surface area contributed by atoms with Gasteiger partial charge in [0.25, 0.3) is 0 Å². The number of rotatable bonds is 10. The lowest BCUT2D eigenvalue weighted by Crippen LogP contribution is -2.30. The minimum Gasteiger partial charge on any atom is -0.443 e. The molecule has 0 radical (unpaired) electrons. The zero-order valence-corrected chi connectivity index (χ0v) is 20.8. The second-order valence-corrected chi connectivity index (χ2v) is 9.05. The molecule has 0 spiro atoms. The van der Waals surface area contributed by atoms with Gasteiger partial charge in [0.1, 0.15) is 18.2 Å². The Hall–Kier alpha value is -3.85. The number of H-pyrrole nitrogens is 1. The number of imidazole rings is 1. The van der Waals surface area contributed by atoms with Gasteiger partial charge in [0.2, 0.25) is 0 Å². The second kappa shape index (κ2) is 12.2. The summed E-state index contributed by atoms with van der Waals surface area (Å²) >= 11 is 5.07. The number of carbonyl (C=O) groups excluding carboxylic acids is 1. The molecule has 0 fully saturated rings.